The van der Waals surface area contributed by atoms with Crippen LogP contribution in [-0.4, -0.2) is 22.9 Å². The van der Waals surface area contributed by atoms with Crippen LogP contribution in [0, 0.1) is 10.1 Å². The van der Waals surface area contributed by atoms with Gasteiger partial charge in [-0.25, -0.2) is 4.98 Å². The van der Waals surface area contributed by atoms with Crippen LogP contribution < -0.4 is 10.1 Å². The lowest BCUT2D eigenvalue weighted by Gasteiger charge is -1.96. The Morgan fingerprint density at radius 2 is 2.14 bits per heavy atom. The number of amides is 1. The van der Waals surface area contributed by atoms with Crippen molar-refractivity contribution in [1.82, 2.24) is 4.98 Å². The third kappa shape index (κ3) is 2.76. The molecule has 22 heavy (non-hydrogen) atoms. The molecular formula is C13H9N3O4S2. The van der Waals surface area contributed by atoms with Gasteiger partial charge in [0.2, 0.25) is 0 Å². The minimum Gasteiger partial charge on any atom is -0.497 e. The van der Waals surface area contributed by atoms with Gasteiger partial charge in [-0.3, -0.25) is 20.2 Å². The van der Waals surface area contributed by atoms with Crippen molar-refractivity contribution in [3.05, 3.63) is 45.3 Å². The molecule has 0 saturated heterocycles. The number of ether oxygens (including phenoxy) is 1. The van der Waals surface area contributed by atoms with Gasteiger partial charge in [0.15, 0.2) is 5.13 Å². The predicted octanol–water partition coefficient (Wildman–Crippen LogP) is 3.53. The summed E-state index contributed by atoms with van der Waals surface area (Å²) in [6, 6.07) is 8.16. The molecule has 0 atom stereocenters. The van der Waals surface area contributed by atoms with E-state index in [1.165, 1.54) is 23.5 Å². The fourth-order valence-electron chi connectivity index (χ4n) is 1.79. The van der Waals surface area contributed by atoms with E-state index in [0.717, 1.165) is 21.6 Å². The SMILES string of the molecule is COc1ccc2nc(NC(=O)c3ccc([N+](=O)[O-])s3)sc2c1. The Balaban J connectivity index is 1.82. The van der Waals surface area contributed by atoms with Crippen molar-refractivity contribution >= 4 is 48.9 Å². The summed E-state index contributed by atoms with van der Waals surface area (Å²) >= 11 is 2.14. The van der Waals surface area contributed by atoms with Gasteiger partial charge >= 0.3 is 5.00 Å². The highest BCUT2D eigenvalue weighted by atomic mass is 32.1. The Morgan fingerprint density at radius 3 is 2.82 bits per heavy atom. The van der Waals surface area contributed by atoms with Crippen LogP contribution in [0.15, 0.2) is 30.3 Å². The van der Waals surface area contributed by atoms with Crippen LogP contribution in [0.3, 0.4) is 0 Å². The first kappa shape index (κ1) is 14.4. The van der Waals surface area contributed by atoms with E-state index < -0.39 is 10.8 Å². The average molecular weight is 335 g/mol. The van der Waals surface area contributed by atoms with E-state index >= 15 is 0 Å². The summed E-state index contributed by atoms with van der Waals surface area (Å²) in [7, 11) is 1.58. The molecule has 7 nitrogen and oxygen atoms in total. The number of anilines is 1. The van der Waals surface area contributed by atoms with Crippen molar-refractivity contribution in [2.75, 3.05) is 12.4 Å². The van der Waals surface area contributed by atoms with E-state index in [1.807, 2.05) is 6.07 Å². The van der Waals surface area contributed by atoms with Crippen molar-refractivity contribution in [3.8, 4) is 5.75 Å². The largest absolute Gasteiger partial charge is 0.497 e. The van der Waals surface area contributed by atoms with E-state index in [0.29, 0.717) is 10.9 Å². The normalized spacial score (nSPS) is 10.6. The zero-order chi connectivity index (χ0) is 15.7. The molecule has 0 saturated carbocycles. The smallest absolute Gasteiger partial charge is 0.324 e. The molecule has 112 valence electrons. The summed E-state index contributed by atoms with van der Waals surface area (Å²) in [6.07, 6.45) is 0. The highest BCUT2D eigenvalue weighted by molar-refractivity contribution is 7.22. The number of thiazole rings is 1. The lowest BCUT2D eigenvalue weighted by molar-refractivity contribution is -0.380. The van der Waals surface area contributed by atoms with E-state index in [2.05, 4.69) is 10.3 Å². The molecule has 0 aliphatic rings. The maximum Gasteiger partial charge on any atom is 0.324 e. The molecular weight excluding hydrogens is 326 g/mol. The molecule has 3 rings (SSSR count). The first-order valence-corrected chi connectivity index (χ1v) is 7.70. The minimum atomic E-state index is -0.522. The van der Waals surface area contributed by atoms with Gasteiger partial charge in [-0.1, -0.05) is 22.7 Å². The van der Waals surface area contributed by atoms with Crippen LogP contribution in [0.4, 0.5) is 10.1 Å². The van der Waals surface area contributed by atoms with Gasteiger partial charge in [-0.2, -0.15) is 0 Å². The predicted molar refractivity (Wildman–Crippen MR) is 85.1 cm³/mol. The number of aromatic nitrogens is 1. The van der Waals surface area contributed by atoms with E-state index in [9.17, 15) is 14.9 Å². The van der Waals surface area contributed by atoms with Crippen molar-refractivity contribution < 1.29 is 14.5 Å². The summed E-state index contributed by atoms with van der Waals surface area (Å²) in [4.78, 5) is 26.7. The standard InChI is InChI=1S/C13H9N3O4S2/c1-20-7-2-3-8-10(6-7)22-13(14-8)15-12(17)9-4-5-11(21-9)16(18)19/h2-6H,1H3,(H,14,15,17). The minimum absolute atomic E-state index is 0.0702. The monoisotopic (exact) mass is 335 g/mol. The molecule has 0 bridgehead atoms. The van der Waals surface area contributed by atoms with E-state index in [1.54, 1.807) is 19.2 Å². The van der Waals surface area contributed by atoms with Crippen molar-refractivity contribution in [3.63, 3.8) is 0 Å². The average Bonchev–Trinajstić information content (AvgIpc) is 3.12. The summed E-state index contributed by atoms with van der Waals surface area (Å²) in [5.74, 6) is 0.298. The van der Waals surface area contributed by atoms with Crippen LogP contribution in [0.25, 0.3) is 10.2 Å². The molecule has 0 fully saturated rings. The van der Waals surface area contributed by atoms with Gasteiger partial charge in [-0.05, 0) is 24.3 Å². The second-order valence-corrected chi connectivity index (χ2v) is 6.29. The molecule has 9 heteroatoms. The molecule has 1 N–H and O–H groups in total. The Labute approximate surface area is 132 Å². The summed E-state index contributed by atoms with van der Waals surface area (Å²) in [6.45, 7) is 0. The van der Waals surface area contributed by atoms with Gasteiger partial charge in [0.25, 0.3) is 5.91 Å². The third-order valence-corrected chi connectivity index (χ3v) is 4.78. The number of benzene rings is 1. The summed E-state index contributed by atoms with van der Waals surface area (Å²) < 4.78 is 6.02. The molecule has 0 spiro atoms. The Hall–Kier alpha value is -2.52. The molecule has 2 aromatic heterocycles. The number of nitrogens with zero attached hydrogens (tertiary/aromatic N) is 2. The number of nitrogens with one attached hydrogen (secondary N) is 1. The van der Waals surface area contributed by atoms with Crippen LogP contribution in [-0.2, 0) is 0 Å². The maximum absolute atomic E-state index is 12.1. The first-order valence-electron chi connectivity index (χ1n) is 6.07. The lowest BCUT2D eigenvalue weighted by Crippen LogP contribution is -2.09. The van der Waals surface area contributed by atoms with Gasteiger partial charge in [-0.15, -0.1) is 0 Å². The van der Waals surface area contributed by atoms with Gasteiger partial charge < -0.3 is 4.74 Å². The highest BCUT2D eigenvalue weighted by Crippen LogP contribution is 2.30. The molecule has 3 aromatic rings. The molecule has 2 heterocycles. The molecule has 0 aliphatic heterocycles. The Morgan fingerprint density at radius 1 is 1.32 bits per heavy atom. The maximum atomic E-state index is 12.1. The zero-order valence-electron chi connectivity index (χ0n) is 11.2. The molecule has 1 aromatic carbocycles. The number of hydrogen-bond donors (Lipinski definition) is 1. The number of carbonyl (C=O) groups is 1. The summed E-state index contributed by atoms with van der Waals surface area (Å²) in [5, 5.41) is 13.7. The van der Waals surface area contributed by atoms with Gasteiger partial charge in [0, 0.05) is 6.07 Å². The van der Waals surface area contributed by atoms with Crippen molar-refractivity contribution in [2.45, 2.75) is 0 Å². The van der Waals surface area contributed by atoms with Crippen molar-refractivity contribution in [1.29, 1.82) is 0 Å². The summed E-state index contributed by atoms with van der Waals surface area (Å²) in [5.41, 5.74) is 0.748. The number of carbonyl (C=O) groups excluding carboxylic acids is 1. The van der Waals surface area contributed by atoms with E-state index in [-0.39, 0.29) is 9.88 Å². The van der Waals surface area contributed by atoms with Crippen LogP contribution in [0.1, 0.15) is 9.67 Å². The third-order valence-electron chi connectivity index (χ3n) is 2.81. The van der Waals surface area contributed by atoms with Crippen LogP contribution >= 0.6 is 22.7 Å². The number of nitro groups is 1. The number of methoxy groups -OCH3 is 1. The topological polar surface area (TPSA) is 94.4 Å². The Bertz CT molecular complexity index is 871. The highest BCUT2D eigenvalue weighted by Gasteiger charge is 2.16. The zero-order valence-corrected chi connectivity index (χ0v) is 12.9. The van der Waals surface area contributed by atoms with Crippen LogP contribution in [0.5, 0.6) is 5.75 Å². The quantitative estimate of drug-likeness (QED) is 0.581. The van der Waals surface area contributed by atoms with Gasteiger partial charge in [0.1, 0.15) is 5.75 Å². The molecule has 0 unspecified atom stereocenters. The van der Waals surface area contributed by atoms with E-state index in [4.69, 9.17) is 4.74 Å². The molecule has 0 radical (unpaired) electrons. The second-order valence-electron chi connectivity index (χ2n) is 4.20. The fourth-order valence-corrected chi connectivity index (χ4v) is 3.40. The van der Waals surface area contributed by atoms with Crippen LogP contribution in [0.2, 0.25) is 0 Å². The number of rotatable bonds is 4. The second kappa shape index (κ2) is 5.70. The first-order chi connectivity index (χ1) is 10.6. The lowest BCUT2D eigenvalue weighted by atomic mass is 10.3. The fraction of sp³-hybridized carbons (Fsp3) is 0.0769. The molecule has 1 amide bonds. The number of fused-ring (bicyclic) bond motifs is 1. The number of thiophene rings is 1. The Kier molecular flexibility index (Phi) is 3.73. The molecule has 0 aliphatic carbocycles. The van der Waals surface area contributed by atoms with Crippen molar-refractivity contribution in [2.24, 2.45) is 0 Å². The number of hydrogen-bond acceptors (Lipinski definition) is 7. The van der Waals surface area contributed by atoms with Gasteiger partial charge in [0.05, 0.1) is 27.1 Å².